The molecule has 1 unspecified atom stereocenters. The Hall–Kier alpha value is -0.580. The fourth-order valence-corrected chi connectivity index (χ4v) is 4.34. The number of likely N-dealkylation sites (tertiary alicyclic amines) is 1. The van der Waals surface area contributed by atoms with E-state index in [0.29, 0.717) is 12.1 Å². The highest BCUT2D eigenvalue weighted by atomic mass is 32.2. The van der Waals surface area contributed by atoms with Crippen LogP contribution < -0.4 is 5.32 Å². The molecule has 2 heterocycles. The van der Waals surface area contributed by atoms with E-state index in [9.17, 15) is 4.39 Å². The van der Waals surface area contributed by atoms with Crippen molar-refractivity contribution in [3.8, 4) is 0 Å². The SMILES string of the molecule is CCN1CCC(NC2CCSc3ccc(F)cc32)CC1. The molecule has 110 valence electrons. The van der Waals surface area contributed by atoms with Gasteiger partial charge in [0.2, 0.25) is 0 Å². The number of nitrogens with one attached hydrogen (secondary N) is 1. The number of hydrogen-bond donors (Lipinski definition) is 1. The van der Waals surface area contributed by atoms with Crippen LogP contribution in [0.5, 0.6) is 0 Å². The van der Waals surface area contributed by atoms with E-state index in [1.165, 1.54) is 36.4 Å². The van der Waals surface area contributed by atoms with Gasteiger partial charge < -0.3 is 10.2 Å². The molecule has 1 aromatic carbocycles. The summed E-state index contributed by atoms with van der Waals surface area (Å²) in [5.74, 6) is 1.02. The molecule has 2 aliphatic heterocycles. The maximum atomic E-state index is 13.5. The summed E-state index contributed by atoms with van der Waals surface area (Å²) < 4.78 is 13.5. The molecule has 1 fully saturated rings. The van der Waals surface area contributed by atoms with Crippen LogP contribution in [-0.2, 0) is 0 Å². The average Bonchev–Trinajstić information content (AvgIpc) is 2.49. The van der Waals surface area contributed by atoms with Gasteiger partial charge in [0.05, 0.1) is 0 Å². The zero-order valence-corrected chi connectivity index (χ0v) is 12.9. The highest BCUT2D eigenvalue weighted by molar-refractivity contribution is 7.99. The molecular weight excluding hydrogens is 271 g/mol. The number of benzene rings is 1. The predicted octanol–water partition coefficient (Wildman–Crippen LogP) is 3.44. The minimum Gasteiger partial charge on any atom is -0.307 e. The second-order valence-corrected chi connectivity index (χ2v) is 6.88. The van der Waals surface area contributed by atoms with Gasteiger partial charge >= 0.3 is 0 Å². The van der Waals surface area contributed by atoms with Crippen molar-refractivity contribution >= 4 is 11.8 Å². The van der Waals surface area contributed by atoms with Gasteiger partial charge in [-0.2, -0.15) is 0 Å². The summed E-state index contributed by atoms with van der Waals surface area (Å²) in [5.41, 5.74) is 1.17. The van der Waals surface area contributed by atoms with Crippen molar-refractivity contribution in [2.24, 2.45) is 0 Å². The molecule has 2 aliphatic rings. The van der Waals surface area contributed by atoms with Crippen LogP contribution in [0.15, 0.2) is 23.1 Å². The van der Waals surface area contributed by atoms with Gasteiger partial charge in [0.1, 0.15) is 5.82 Å². The number of halogens is 1. The van der Waals surface area contributed by atoms with E-state index in [2.05, 4.69) is 17.1 Å². The summed E-state index contributed by atoms with van der Waals surface area (Å²) in [6.07, 6.45) is 3.53. The number of fused-ring (bicyclic) bond motifs is 1. The molecule has 1 N–H and O–H groups in total. The van der Waals surface area contributed by atoms with Crippen LogP contribution in [0.1, 0.15) is 37.8 Å². The van der Waals surface area contributed by atoms with E-state index in [1.54, 1.807) is 12.1 Å². The van der Waals surface area contributed by atoms with Gasteiger partial charge in [-0.15, -0.1) is 11.8 Å². The third-order valence-corrected chi connectivity index (χ3v) is 5.61. The number of piperidine rings is 1. The van der Waals surface area contributed by atoms with Crippen molar-refractivity contribution in [1.29, 1.82) is 0 Å². The Kier molecular flexibility index (Phi) is 4.64. The summed E-state index contributed by atoms with van der Waals surface area (Å²) in [7, 11) is 0. The lowest BCUT2D eigenvalue weighted by Gasteiger charge is -2.35. The molecule has 1 aromatic rings. The molecule has 0 bridgehead atoms. The molecule has 0 aliphatic carbocycles. The molecule has 0 spiro atoms. The average molecular weight is 294 g/mol. The second kappa shape index (κ2) is 6.46. The normalized spacial score (nSPS) is 24.6. The van der Waals surface area contributed by atoms with Crippen LogP contribution >= 0.6 is 11.8 Å². The molecular formula is C16H23FN2S. The third-order valence-electron chi connectivity index (χ3n) is 4.48. The van der Waals surface area contributed by atoms with Crippen molar-refractivity contribution < 1.29 is 4.39 Å². The first-order valence-corrected chi connectivity index (χ1v) is 8.65. The van der Waals surface area contributed by atoms with E-state index in [4.69, 9.17) is 0 Å². The number of hydrogen-bond acceptors (Lipinski definition) is 3. The van der Waals surface area contributed by atoms with Crippen molar-refractivity contribution in [1.82, 2.24) is 10.2 Å². The molecule has 4 heteroatoms. The summed E-state index contributed by atoms with van der Waals surface area (Å²) in [5, 5.41) is 3.78. The lowest BCUT2D eigenvalue weighted by molar-refractivity contribution is 0.197. The van der Waals surface area contributed by atoms with Gasteiger partial charge in [-0.1, -0.05) is 6.92 Å². The minimum absolute atomic E-state index is 0.112. The maximum Gasteiger partial charge on any atom is 0.123 e. The fourth-order valence-electron chi connectivity index (χ4n) is 3.24. The summed E-state index contributed by atoms with van der Waals surface area (Å²) in [4.78, 5) is 3.75. The van der Waals surface area contributed by atoms with E-state index in [1.807, 2.05) is 17.8 Å². The Morgan fingerprint density at radius 1 is 1.30 bits per heavy atom. The molecule has 1 atom stereocenters. The van der Waals surface area contributed by atoms with Crippen molar-refractivity contribution in [2.75, 3.05) is 25.4 Å². The minimum atomic E-state index is -0.112. The fraction of sp³-hybridized carbons (Fsp3) is 0.625. The smallest absolute Gasteiger partial charge is 0.123 e. The lowest BCUT2D eigenvalue weighted by atomic mass is 9.99. The second-order valence-electron chi connectivity index (χ2n) is 5.75. The zero-order valence-electron chi connectivity index (χ0n) is 12.1. The first-order chi connectivity index (χ1) is 9.76. The first-order valence-electron chi connectivity index (χ1n) is 7.67. The lowest BCUT2D eigenvalue weighted by Crippen LogP contribution is -2.44. The summed E-state index contributed by atoms with van der Waals surface area (Å²) >= 11 is 1.85. The van der Waals surface area contributed by atoms with Crippen LogP contribution in [-0.4, -0.2) is 36.3 Å². The Balaban J connectivity index is 1.66. The molecule has 0 saturated carbocycles. The molecule has 3 rings (SSSR count). The number of rotatable bonds is 3. The molecule has 0 amide bonds. The van der Waals surface area contributed by atoms with E-state index in [0.717, 1.165) is 18.7 Å². The Morgan fingerprint density at radius 2 is 2.10 bits per heavy atom. The summed E-state index contributed by atoms with van der Waals surface area (Å²) in [6, 6.07) is 6.15. The Morgan fingerprint density at radius 3 is 2.85 bits per heavy atom. The van der Waals surface area contributed by atoms with E-state index in [-0.39, 0.29) is 5.82 Å². The van der Waals surface area contributed by atoms with Crippen molar-refractivity contribution in [3.63, 3.8) is 0 Å². The topological polar surface area (TPSA) is 15.3 Å². The Labute approximate surface area is 125 Å². The van der Waals surface area contributed by atoms with Gasteiger partial charge in [-0.25, -0.2) is 4.39 Å². The van der Waals surface area contributed by atoms with Crippen LogP contribution in [0.25, 0.3) is 0 Å². The van der Waals surface area contributed by atoms with Crippen molar-refractivity contribution in [3.05, 3.63) is 29.6 Å². The van der Waals surface area contributed by atoms with Crippen LogP contribution in [0.4, 0.5) is 4.39 Å². The summed E-state index contributed by atoms with van der Waals surface area (Å²) in [6.45, 7) is 5.75. The van der Waals surface area contributed by atoms with Gasteiger partial charge in [0, 0.05) is 17.0 Å². The van der Waals surface area contributed by atoms with Gasteiger partial charge in [-0.05, 0) is 68.4 Å². The number of thioether (sulfide) groups is 1. The maximum absolute atomic E-state index is 13.5. The molecule has 20 heavy (non-hydrogen) atoms. The first kappa shape index (κ1) is 14.4. The third kappa shape index (κ3) is 3.18. The predicted molar refractivity (Wildman–Crippen MR) is 82.8 cm³/mol. The monoisotopic (exact) mass is 294 g/mol. The molecule has 2 nitrogen and oxygen atoms in total. The molecule has 0 aromatic heterocycles. The zero-order chi connectivity index (χ0) is 13.9. The standard InChI is InChI=1S/C16H23FN2S/c1-2-19-8-5-13(6-9-19)18-15-7-10-20-16-4-3-12(17)11-14(15)16/h3-4,11,13,15,18H,2,5-10H2,1H3. The van der Waals surface area contributed by atoms with Crippen LogP contribution in [0.3, 0.4) is 0 Å². The Bertz CT molecular complexity index is 458. The van der Waals surface area contributed by atoms with E-state index >= 15 is 0 Å². The van der Waals surface area contributed by atoms with Gasteiger partial charge in [0.15, 0.2) is 0 Å². The molecule has 0 radical (unpaired) electrons. The van der Waals surface area contributed by atoms with Crippen LogP contribution in [0.2, 0.25) is 0 Å². The van der Waals surface area contributed by atoms with Crippen molar-refractivity contribution in [2.45, 2.75) is 43.2 Å². The number of nitrogens with zero attached hydrogens (tertiary/aromatic N) is 1. The quantitative estimate of drug-likeness (QED) is 0.919. The largest absolute Gasteiger partial charge is 0.307 e. The highest BCUT2D eigenvalue weighted by Crippen LogP contribution is 2.37. The van der Waals surface area contributed by atoms with E-state index < -0.39 is 0 Å². The van der Waals surface area contributed by atoms with Gasteiger partial charge in [0.25, 0.3) is 0 Å². The highest BCUT2D eigenvalue weighted by Gasteiger charge is 2.25. The molecule has 1 saturated heterocycles. The van der Waals surface area contributed by atoms with Crippen LogP contribution in [0, 0.1) is 5.82 Å². The van der Waals surface area contributed by atoms with Gasteiger partial charge in [-0.3, -0.25) is 0 Å².